The zero-order valence-corrected chi connectivity index (χ0v) is 15.9. The summed E-state index contributed by atoms with van der Waals surface area (Å²) >= 11 is 0. The zero-order chi connectivity index (χ0) is 18.7. The molecule has 0 saturated carbocycles. The highest BCUT2D eigenvalue weighted by molar-refractivity contribution is 5.46. The van der Waals surface area contributed by atoms with Gasteiger partial charge >= 0.3 is 0 Å². The zero-order valence-electron chi connectivity index (χ0n) is 15.9. The Kier molecular flexibility index (Phi) is 7.16. The molecule has 0 aliphatic rings. The second-order valence-corrected chi connectivity index (χ2v) is 6.55. The van der Waals surface area contributed by atoms with E-state index < -0.39 is 0 Å². The molecule has 27 heavy (non-hydrogen) atoms. The minimum absolute atomic E-state index is 0.626. The molecule has 0 unspecified atom stereocenters. The number of nitrogens with one attached hydrogen (secondary N) is 1. The quantitative estimate of drug-likeness (QED) is 0.484. The highest BCUT2D eigenvalue weighted by Gasteiger charge is 1.98. The lowest BCUT2D eigenvalue weighted by Crippen LogP contribution is -2.11. The molecule has 140 valence electrons. The molecule has 3 nitrogen and oxygen atoms in total. The van der Waals surface area contributed by atoms with E-state index in [2.05, 4.69) is 42.6 Å². The summed E-state index contributed by atoms with van der Waals surface area (Å²) in [5.74, 6) is 1.82. The topological polar surface area (TPSA) is 30.5 Å². The second kappa shape index (κ2) is 10.3. The average Bonchev–Trinajstić information content (AvgIpc) is 2.70. The van der Waals surface area contributed by atoms with Crippen LogP contribution in [0.3, 0.4) is 0 Å². The van der Waals surface area contributed by atoms with Crippen LogP contribution < -0.4 is 14.8 Å². The molecule has 1 N–H and O–H groups in total. The summed E-state index contributed by atoms with van der Waals surface area (Å²) < 4.78 is 11.6. The number of rotatable bonds is 10. The van der Waals surface area contributed by atoms with E-state index in [1.807, 2.05) is 48.5 Å². The van der Waals surface area contributed by atoms with Gasteiger partial charge in [-0.15, -0.1) is 0 Å². The minimum Gasteiger partial charge on any atom is -0.494 e. The van der Waals surface area contributed by atoms with Crippen LogP contribution in [0.5, 0.6) is 11.5 Å². The summed E-state index contributed by atoms with van der Waals surface area (Å²) in [7, 11) is 0. The first kappa shape index (κ1) is 18.8. The van der Waals surface area contributed by atoms with Crippen LogP contribution in [0, 0.1) is 6.92 Å². The van der Waals surface area contributed by atoms with Gasteiger partial charge < -0.3 is 14.8 Å². The molecule has 3 rings (SSSR count). The maximum Gasteiger partial charge on any atom is 0.119 e. The highest BCUT2D eigenvalue weighted by Crippen LogP contribution is 2.16. The van der Waals surface area contributed by atoms with E-state index in [0.717, 1.165) is 43.2 Å². The normalized spacial score (nSPS) is 10.4. The second-order valence-electron chi connectivity index (χ2n) is 6.55. The van der Waals surface area contributed by atoms with Gasteiger partial charge in [-0.05, 0) is 67.3 Å². The molecule has 0 spiro atoms. The molecule has 3 aromatic rings. The van der Waals surface area contributed by atoms with Crippen LogP contribution in [0.4, 0.5) is 5.69 Å². The minimum atomic E-state index is 0.626. The van der Waals surface area contributed by atoms with E-state index in [4.69, 9.17) is 9.47 Å². The van der Waals surface area contributed by atoms with Gasteiger partial charge in [-0.1, -0.05) is 42.5 Å². The van der Waals surface area contributed by atoms with Crippen LogP contribution in [0.25, 0.3) is 0 Å². The van der Waals surface area contributed by atoms with Crippen LogP contribution >= 0.6 is 0 Å². The van der Waals surface area contributed by atoms with Crippen LogP contribution in [-0.4, -0.2) is 19.8 Å². The standard InChI is InChI=1S/C24H27NO2/c1-20-7-5-11-24(19-20)27-18-16-25-22-12-14-23(15-13-22)26-17-6-10-21-8-3-2-4-9-21/h2-5,7-9,11-15,19,25H,6,10,16-18H2,1H3. The van der Waals surface area contributed by atoms with Gasteiger partial charge in [0.2, 0.25) is 0 Å². The van der Waals surface area contributed by atoms with Crippen molar-refractivity contribution in [2.24, 2.45) is 0 Å². The van der Waals surface area contributed by atoms with Crippen molar-refractivity contribution in [3.05, 3.63) is 90.0 Å². The van der Waals surface area contributed by atoms with Crippen molar-refractivity contribution in [1.82, 2.24) is 0 Å². The van der Waals surface area contributed by atoms with Crippen molar-refractivity contribution in [2.75, 3.05) is 25.1 Å². The fourth-order valence-electron chi connectivity index (χ4n) is 2.85. The molecule has 3 aromatic carbocycles. The Hall–Kier alpha value is -2.94. The van der Waals surface area contributed by atoms with Crippen LogP contribution in [0.2, 0.25) is 0 Å². The highest BCUT2D eigenvalue weighted by atomic mass is 16.5. The van der Waals surface area contributed by atoms with E-state index in [9.17, 15) is 0 Å². The fraction of sp³-hybridized carbons (Fsp3) is 0.250. The Morgan fingerprint density at radius 3 is 2.30 bits per heavy atom. The molecule has 3 heteroatoms. The van der Waals surface area contributed by atoms with Crippen molar-refractivity contribution in [2.45, 2.75) is 19.8 Å². The number of hydrogen-bond donors (Lipinski definition) is 1. The van der Waals surface area contributed by atoms with E-state index in [1.165, 1.54) is 11.1 Å². The Morgan fingerprint density at radius 1 is 0.741 bits per heavy atom. The first-order valence-electron chi connectivity index (χ1n) is 9.50. The van der Waals surface area contributed by atoms with Gasteiger partial charge in [-0.3, -0.25) is 0 Å². The summed E-state index contributed by atoms with van der Waals surface area (Å²) in [4.78, 5) is 0. The predicted octanol–water partition coefficient (Wildman–Crippen LogP) is 5.50. The Bertz CT molecular complexity index is 800. The molecular formula is C24H27NO2. The SMILES string of the molecule is Cc1cccc(OCCNc2ccc(OCCCc3ccccc3)cc2)c1. The fourth-order valence-corrected chi connectivity index (χ4v) is 2.85. The Labute approximate surface area is 162 Å². The van der Waals surface area contributed by atoms with Crippen molar-refractivity contribution >= 4 is 5.69 Å². The lowest BCUT2D eigenvalue weighted by Gasteiger charge is -2.10. The van der Waals surface area contributed by atoms with Crippen molar-refractivity contribution in [1.29, 1.82) is 0 Å². The molecule has 0 aliphatic carbocycles. The Balaban J connectivity index is 1.32. The maximum absolute atomic E-state index is 5.82. The van der Waals surface area contributed by atoms with Crippen LogP contribution in [-0.2, 0) is 6.42 Å². The van der Waals surface area contributed by atoms with Gasteiger partial charge in [-0.25, -0.2) is 0 Å². The van der Waals surface area contributed by atoms with Gasteiger partial charge in [0.1, 0.15) is 18.1 Å². The first-order chi connectivity index (χ1) is 13.3. The van der Waals surface area contributed by atoms with E-state index >= 15 is 0 Å². The van der Waals surface area contributed by atoms with Crippen molar-refractivity contribution in [3.63, 3.8) is 0 Å². The molecule has 0 atom stereocenters. The van der Waals surface area contributed by atoms with Gasteiger partial charge in [-0.2, -0.15) is 0 Å². The Morgan fingerprint density at radius 2 is 1.52 bits per heavy atom. The molecule has 0 fully saturated rings. The number of ether oxygens (including phenoxy) is 2. The summed E-state index contributed by atoms with van der Waals surface area (Å²) in [6, 6.07) is 26.7. The summed E-state index contributed by atoms with van der Waals surface area (Å²) in [6.07, 6.45) is 2.06. The number of anilines is 1. The molecule has 0 aliphatic heterocycles. The van der Waals surface area contributed by atoms with E-state index in [1.54, 1.807) is 0 Å². The summed E-state index contributed by atoms with van der Waals surface area (Å²) in [5, 5.41) is 3.36. The largest absolute Gasteiger partial charge is 0.494 e. The third kappa shape index (κ3) is 6.70. The molecule has 0 saturated heterocycles. The summed E-state index contributed by atoms with van der Waals surface area (Å²) in [6.45, 7) is 4.18. The first-order valence-corrected chi connectivity index (χ1v) is 9.50. The van der Waals surface area contributed by atoms with Gasteiger partial charge in [0.25, 0.3) is 0 Å². The van der Waals surface area contributed by atoms with Crippen LogP contribution in [0.1, 0.15) is 17.5 Å². The van der Waals surface area contributed by atoms with Gasteiger partial charge in [0.15, 0.2) is 0 Å². The number of benzene rings is 3. The van der Waals surface area contributed by atoms with Gasteiger partial charge in [0, 0.05) is 12.2 Å². The smallest absolute Gasteiger partial charge is 0.119 e. The molecule has 0 radical (unpaired) electrons. The third-order valence-corrected chi connectivity index (χ3v) is 4.27. The number of aryl methyl sites for hydroxylation is 2. The molecule has 0 heterocycles. The average molecular weight is 361 g/mol. The molecule has 0 amide bonds. The van der Waals surface area contributed by atoms with E-state index in [-0.39, 0.29) is 0 Å². The molecular weight excluding hydrogens is 334 g/mol. The van der Waals surface area contributed by atoms with E-state index in [0.29, 0.717) is 6.61 Å². The number of hydrogen-bond acceptors (Lipinski definition) is 3. The van der Waals surface area contributed by atoms with Crippen LogP contribution in [0.15, 0.2) is 78.9 Å². The van der Waals surface area contributed by atoms with Gasteiger partial charge in [0.05, 0.1) is 6.61 Å². The maximum atomic E-state index is 5.82. The monoisotopic (exact) mass is 361 g/mol. The third-order valence-electron chi connectivity index (χ3n) is 4.27. The predicted molar refractivity (Wildman–Crippen MR) is 112 cm³/mol. The lowest BCUT2D eigenvalue weighted by atomic mass is 10.1. The lowest BCUT2D eigenvalue weighted by molar-refractivity contribution is 0.311. The molecule has 0 aromatic heterocycles. The summed E-state index contributed by atoms with van der Waals surface area (Å²) in [5.41, 5.74) is 3.63. The van der Waals surface area contributed by atoms with Crippen molar-refractivity contribution in [3.8, 4) is 11.5 Å². The van der Waals surface area contributed by atoms with Crippen molar-refractivity contribution < 1.29 is 9.47 Å². The molecule has 0 bridgehead atoms.